The van der Waals surface area contributed by atoms with Crippen molar-refractivity contribution in [1.82, 2.24) is 5.43 Å². The van der Waals surface area contributed by atoms with Gasteiger partial charge in [0.1, 0.15) is 18.1 Å². The van der Waals surface area contributed by atoms with E-state index >= 15 is 0 Å². The fourth-order valence-electron chi connectivity index (χ4n) is 2.81. The highest BCUT2D eigenvalue weighted by Gasteiger charge is 2.11. The minimum atomic E-state index is -0.328. The molecule has 0 aliphatic heterocycles. The van der Waals surface area contributed by atoms with Gasteiger partial charge >= 0.3 is 0 Å². The van der Waals surface area contributed by atoms with E-state index in [1.807, 2.05) is 42.5 Å². The fraction of sp³-hybridized carbons (Fsp3) is 0.167. The van der Waals surface area contributed by atoms with Crippen LogP contribution in [-0.2, 0) is 6.61 Å². The average molecular weight is 420 g/mol. The first-order valence-electron chi connectivity index (χ1n) is 9.54. The molecule has 0 saturated carbocycles. The Morgan fingerprint density at radius 3 is 2.16 bits per heavy atom. The first kappa shape index (κ1) is 21.7. The van der Waals surface area contributed by atoms with Crippen molar-refractivity contribution in [2.24, 2.45) is 5.10 Å². The molecule has 31 heavy (non-hydrogen) atoms. The maximum atomic E-state index is 12.4. The zero-order valence-electron chi connectivity index (χ0n) is 17.6. The Labute approximate surface area is 181 Å². The summed E-state index contributed by atoms with van der Waals surface area (Å²) in [6.07, 6.45) is 1.49. The van der Waals surface area contributed by atoms with Crippen LogP contribution in [0.2, 0.25) is 0 Å². The lowest BCUT2D eigenvalue weighted by molar-refractivity contribution is 0.0955. The topological polar surface area (TPSA) is 78.4 Å². The molecule has 160 valence electrons. The summed E-state index contributed by atoms with van der Waals surface area (Å²) in [5.74, 6) is 2.08. The molecule has 0 radical (unpaired) electrons. The van der Waals surface area contributed by atoms with Crippen LogP contribution < -0.4 is 24.4 Å². The molecule has 0 atom stereocenters. The van der Waals surface area contributed by atoms with E-state index in [-0.39, 0.29) is 5.91 Å². The van der Waals surface area contributed by atoms with Gasteiger partial charge in [-0.05, 0) is 35.9 Å². The van der Waals surface area contributed by atoms with E-state index in [0.717, 1.165) is 11.3 Å². The number of nitrogens with one attached hydrogen (secondary N) is 1. The van der Waals surface area contributed by atoms with E-state index in [2.05, 4.69) is 10.5 Å². The van der Waals surface area contributed by atoms with E-state index in [9.17, 15) is 4.79 Å². The lowest BCUT2D eigenvalue weighted by Gasteiger charge is -2.11. The predicted molar refractivity (Wildman–Crippen MR) is 118 cm³/mol. The van der Waals surface area contributed by atoms with Gasteiger partial charge in [-0.2, -0.15) is 5.10 Å². The summed E-state index contributed by atoms with van der Waals surface area (Å²) in [6.45, 7) is 0.420. The Balaban J connectivity index is 1.61. The van der Waals surface area contributed by atoms with Gasteiger partial charge in [0, 0.05) is 17.2 Å². The van der Waals surface area contributed by atoms with Crippen LogP contribution in [0.1, 0.15) is 21.5 Å². The second kappa shape index (κ2) is 10.7. The highest BCUT2D eigenvalue weighted by atomic mass is 16.5. The Hall–Kier alpha value is -4.00. The zero-order chi connectivity index (χ0) is 22.1. The van der Waals surface area contributed by atoms with Gasteiger partial charge in [0.15, 0.2) is 11.5 Å². The highest BCUT2D eigenvalue weighted by molar-refractivity contribution is 5.95. The van der Waals surface area contributed by atoms with Crippen molar-refractivity contribution >= 4 is 12.1 Å². The van der Waals surface area contributed by atoms with Gasteiger partial charge in [-0.25, -0.2) is 5.43 Å². The van der Waals surface area contributed by atoms with Gasteiger partial charge in [-0.1, -0.05) is 30.3 Å². The summed E-state index contributed by atoms with van der Waals surface area (Å²) in [7, 11) is 4.63. The number of hydrogen-bond donors (Lipinski definition) is 1. The Morgan fingerprint density at radius 2 is 1.52 bits per heavy atom. The van der Waals surface area contributed by atoms with E-state index in [1.165, 1.54) is 6.21 Å². The van der Waals surface area contributed by atoms with Crippen molar-refractivity contribution in [3.63, 3.8) is 0 Å². The molecule has 3 aromatic carbocycles. The Kier molecular flexibility index (Phi) is 7.48. The Morgan fingerprint density at radius 1 is 0.871 bits per heavy atom. The molecule has 0 saturated heterocycles. The number of nitrogens with zero attached hydrogens (tertiary/aromatic N) is 1. The molecule has 0 heterocycles. The molecule has 0 unspecified atom stereocenters. The number of rotatable bonds is 9. The molecule has 1 N–H and O–H groups in total. The van der Waals surface area contributed by atoms with Crippen molar-refractivity contribution in [1.29, 1.82) is 0 Å². The van der Waals surface area contributed by atoms with Gasteiger partial charge in [0.2, 0.25) is 0 Å². The normalized spacial score (nSPS) is 10.5. The summed E-state index contributed by atoms with van der Waals surface area (Å²) in [6, 6.07) is 20.1. The number of para-hydroxylation sites is 1. The lowest BCUT2D eigenvalue weighted by Crippen LogP contribution is -2.17. The molecular weight excluding hydrogens is 396 g/mol. The summed E-state index contributed by atoms with van der Waals surface area (Å²) >= 11 is 0. The van der Waals surface area contributed by atoms with Crippen molar-refractivity contribution in [2.45, 2.75) is 6.61 Å². The van der Waals surface area contributed by atoms with Gasteiger partial charge in [-0.15, -0.1) is 0 Å². The second-order valence-electron chi connectivity index (χ2n) is 6.45. The van der Waals surface area contributed by atoms with E-state index < -0.39 is 0 Å². The highest BCUT2D eigenvalue weighted by Crippen LogP contribution is 2.33. The van der Waals surface area contributed by atoms with Crippen LogP contribution in [0, 0.1) is 0 Å². The number of hydrazone groups is 1. The Bertz CT molecular complexity index is 1030. The largest absolute Gasteiger partial charge is 0.496 e. The molecule has 1 amide bonds. The summed E-state index contributed by atoms with van der Waals surface area (Å²) in [5.41, 5.74) is 4.59. The number of benzene rings is 3. The maximum Gasteiger partial charge on any atom is 0.271 e. The van der Waals surface area contributed by atoms with E-state index in [1.54, 1.807) is 45.6 Å². The molecule has 0 aliphatic rings. The molecule has 0 aliphatic carbocycles. The third-order valence-corrected chi connectivity index (χ3v) is 4.47. The van der Waals surface area contributed by atoms with Gasteiger partial charge in [0.05, 0.1) is 27.5 Å². The van der Waals surface area contributed by atoms with Gasteiger partial charge < -0.3 is 18.9 Å². The number of ether oxygens (including phenoxy) is 4. The summed E-state index contributed by atoms with van der Waals surface area (Å²) in [4.78, 5) is 12.4. The standard InChI is InChI=1S/C24H24N2O5/c1-28-21-14-23(30-3)22(29-2)13-19(21)15-25-26-24(27)18-11-9-17(10-12-18)16-31-20-7-5-4-6-8-20/h4-15H,16H2,1-3H3,(H,26,27)/b25-15-. The predicted octanol–water partition coefficient (Wildman–Crippen LogP) is 4.06. The van der Waals surface area contributed by atoms with Gasteiger partial charge in [0.25, 0.3) is 5.91 Å². The number of carbonyl (C=O) groups is 1. The SMILES string of the molecule is COc1cc(OC)c(OC)cc1/C=N\NC(=O)c1ccc(COc2ccccc2)cc1. The van der Waals surface area contributed by atoms with E-state index in [0.29, 0.717) is 35.0 Å². The number of amides is 1. The number of methoxy groups -OCH3 is 3. The molecule has 3 aromatic rings. The first-order valence-corrected chi connectivity index (χ1v) is 9.54. The summed E-state index contributed by atoms with van der Waals surface area (Å²) in [5, 5.41) is 4.03. The van der Waals surface area contributed by atoms with Crippen LogP contribution in [0.4, 0.5) is 0 Å². The molecule has 3 rings (SSSR count). The third-order valence-electron chi connectivity index (χ3n) is 4.47. The minimum absolute atomic E-state index is 0.328. The van der Waals surface area contributed by atoms with Crippen molar-refractivity contribution in [2.75, 3.05) is 21.3 Å². The fourth-order valence-corrected chi connectivity index (χ4v) is 2.81. The molecule has 0 fully saturated rings. The zero-order valence-corrected chi connectivity index (χ0v) is 17.6. The quantitative estimate of drug-likeness (QED) is 0.417. The number of hydrogen-bond acceptors (Lipinski definition) is 6. The molecule has 0 aromatic heterocycles. The monoisotopic (exact) mass is 420 g/mol. The maximum absolute atomic E-state index is 12.4. The van der Waals surface area contributed by atoms with Crippen LogP contribution in [0.25, 0.3) is 0 Å². The third kappa shape index (κ3) is 5.76. The average Bonchev–Trinajstić information content (AvgIpc) is 2.83. The smallest absolute Gasteiger partial charge is 0.271 e. The number of carbonyl (C=O) groups excluding carboxylic acids is 1. The van der Waals surface area contributed by atoms with Crippen LogP contribution in [0.3, 0.4) is 0 Å². The first-order chi connectivity index (χ1) is 15.1. The minimum Gasteiger partial charge on any atom is -0.496 e. The second-order valence-corrected chi connectivity index (χ2v) is 6.45. The molecule has 7 heteroatoms. The van der Waals surface area contributed by atoms with Crippen LogP contribution in [-0.4, -0.2) is 33.5 Å². The summed E-state index contributed by atoms with van der Waals surface area (Å²) < 4.78 is 21.6. The lowest BCUT2D eigenvalue weighted by atomic mass is 10.1. The van der Waals surface area contributed by atoms with Crippen LogP contribution in [0.5, 0.6) is 23.0 Å². The van der Waals surface area contributed by atoms with Crippen molar-refractivity contribution < 1.29 is 23.7 Å². The molecule has 0 spiro atoms. The molecule has 0 bridgehead atoms. The van der Waals surface area contributed by atoms with Crippen molar-refractivity contribution in [3.8, 4) is 23.0 Å². The van der Waals surface area contributed by atoms with Gasteiger partial charge in [-0.3, -0.25) is 4.79 Å². The van der Waals surface area contributed by atoms with Crippen LogP contribution in [0.15, 0.2) is 71.8 Å². The molecule has 7 nitrogen and oxygen atoms in total. The van der Waals surface area contributed by atoms with E-state index in [4.69, 9.17) is 18.9 Å². The van der Waals surface area contributed by atoms with Crippen molar-refractivity contribution in [3.05, 3.63) is 83.4 Å². The van der Waals surface area contributed by atoms with Crippen LogP contribution >= 0.6 is 0 Å². The molecular formula is C24H24N2O5.